The van der Waals surface area contributed by atoms with E-state index >= 15 is 0 Å². The third-order valence-corrected chi connectivity index (χ3v) is 8.81. The highest BCUT2D eigenvalue weighted by Crippen LogP contribution is 2.32. The molecule has 4 N–H and O–H groups in total. The largest absolute Gasteiger partial charge is 0.493 e. The van der Waals surface area contributed by atoms with Gasteiger partial charge in [0.15, 0.2) is 16.7 Å². The molecule has 74 heavy (non-hydrogen) atoms. The highest BCUT2D eigenvalue weighted by molar-refractivity contribution is 5.64. The van der Waals surface area contributed by atoms with Gasteiger partial charge in [0, 0.05) is 135 Å². The van der Waals surface area contributed by atoms with Gasteiger partial charge in [0.25, 0.3) is 0 Å². The third kappa shape index (κ3) is 29.6. The maximum Gasteiger partial charge on any atom is 0.193 e. The number of methoxy groups -OCH3 is 1. The number of hydrogen-bond donors (Lipinski definition) is 3. The van der Waals surface area contributed by atoms with Crippen LogP contribution in [0.25, 0.3) is 11.3 Å². The molecule has 0 aliphatic carbocycles. The fraction of sp³-hybridized carbons (Fsp3) is 0.233. The first-order valence-corrected chi connectivity index (χ1v) is 22.1. The third-order valence-electron chi connectivity index (χ3n) is 8.81. The minimum atomic E-state index is -0.879. The molecule has 1 atom stereocenters. The first-order chi connectivity index (χ1) is 36.3. The normalized spacial score (nSPS) is 10.1. The van der Waals surface area contributed by atoms with Gasteiger partial charge < -0.3 is 34.7 Å². The summed E-state index contributed by atoms with van der Waals surface area (Å²) in [5.41, 5.74) is 4.35. The van der Waals surface area contributed by atoms with Crippen molar-refractivity contribution >= 4 is 5.82 Å². The van der Waals surface area contributed by atoms with Crippen LogP contribution in [0.4, 0.5) is 5.82 Å². The number of nitrogens with zero attached hydrogens (tertiary/aromatic N) is 7. The summed E-state index contributed by atoms with van der Waals surface area (Å²) in [6, 6.07) is 16.7. The molecule has 2 aromatic carbocycles. The number of benzene rings is 2. The number of ether oxygens (including phenoxy) is 2. The van der Waals surface area contributed by atoms with E-state index in [1.807, 2.05) is 24.3 Å². The molecule has 3 aromatic rings. The summed E-state index contributed by atoms with van der Waals surface area (Å²) in [7, 11) is 3.87. The molecule has 1 unspecified atom stereocenters. The minimum absolute atomic E-state index is 0. The number of hydrogen-bond acceptors (Lipinski definition) is 11. The number of anilines is 1. The Morgan fingerprint density at radius 3 is 1.66 bits per heavy atom. The monoisotopic (exact) mass is 1010 g/mol. The van der Waals surface area contributed by atoms with Crippen molar-refractivity contribution in [3.8, 4) is 201 Å². The molecule has 4 rings (SSSR count). The van der Waals surface area contributed by atoms with Crippen molar-refractivity contribution in [2.45, 2.75) is 38.6 Å². The molecule has 0 spiro atoms. The lowest BCUT2D eigenvalue weighted by atomic mass is 10.0. The Bertz CT molecular complexity index is 3300. The van der Waals surface area contributed by atoms with Crippen molar-refractivity contribution < 1.29 is 41.6 Å². The van der Waals surface area contributed by atoms with Gasteiger partial charge in [0.2, 0.25) is 0 Å². The van der Waals surface area contributed by atoms with Crippen LogP contribution in [-0.2, 0) is 0 Å². The Morgan fingerprint density at radius 1 is 0.730 bits per heavy atom. The second kappa shape index (κ2) is 40.9. The van der Waals surface area contributed by atoms with Gasteiger partial charge in [-0.05, 0) is 151 Å². The summed E-state index contributed by atoms with van der Waals surface area (Å²) in [5, 5.41) is 17.1. The van der Waals surface area contributed by atoms with E-state index in [0.29, 0.717) is 12.4 Å². The Kier molecular flexibility index (Phi) is 32.6. The zero-order valence-electron chi connectivity index (χ0n) is 40.9. The number of nitrogens with two attached hydrogens (primary N) is 1. The molecular formula is C60H84N10O4. The van der Waals surface area contributed by atoms with Crippen LogP contribution in [0, 0.1) is 189 Å². The molecule has 1 aliphatic rings. The standard InChI is InChI=1S/C30H41N5O2.C30H2.H3N5O2.19H2/c1-4-10-26(24-11-6-5-7-12-24)32-30-23-31-22-27(33-30)25-13-14-28(29(21-25)36-3)37-20-9-8-15-35-18-16-34(2)17-19-35;1-3-5-7-9-11-13-15-17-19-21-23-25-27-29-30-28-26-24-22-20-18-16-14-12-10-8-6-4-2;1-2-3-4-5(6)7;;;;;;;;;;;;;;;;;;;/h5-7,11-14,21-23,26H,4,8-10,15-20H2,1-3H3,(H,32,33);1-2H;(H2,1,3)(H,2,4);19*1H. The fourth-order valence-electron chi connectivity index (χ4n) is 5.57. The number of hydrazine groups is 1. The lowest BCUT2D eigenvalue weighted by Crippen LogP contribution is -2.44. The van der Waals surface area contributed by atoms with Crippen molar-refractivity contribution in [1.82, 2.24) is 25.3 Å². The quantitative estimate of drug-likeness (QED) is 0.0331. The van der Waals surface area contributed by atoms with Crippen molar-refractivity contribution in [2.75, 3.05) is 58.8 Å². The molecule has 1 saturated heterocycles. The van der Waals surface area contributed by atoms with Gasteiger partial charge in [-0.2, -0.15) is 0 Å². The Balaban J connectivity index is -0.0000000583. The van der Waals surface area contributed by atoms with Crippen molar-refractivity contribution in [1.29, 1.82) is 0 Å². The summed E-state index contributed by atoms with van der Waals surface area (Å²) in [6.07, 6.45) is 17.7. The molecule has 0 amide bonds. The molecular weight excluding hydrogens is 925 g/mol. The smallest absolute Gasteiger partial charge is 0.193 e. The highest BCUT2D eigenvalue weighted by atomic mass is 16.7. The first kappa shape index (κ1) is 59.0. The zero-order chi connectivity index (χ0) is 53.4. The van der Waals surface area contributed by atoms with Crippen LogP contribution in [0.1, 0.15) is 71.3 Å². The molecule has 14 heteroatoms. The Hall–Kier alpha value is -11.2. The predicted octanol–water partition coefficient (Wildman–Crippen LogP) is 9.49. The molecule has 398 valence electrons. The molecule has 0 radical (unpaired) electrons. The molecule has 1 aromatic heterocycles. The molecule has 1 fully saturated rings. The number of piperazine rings is 1. The number of terminal acetylenes is 2. The van der Waals surface area contributed by atoms with Gasteiger partial charge in [-0.3, -0.25) is 10.8 Å². The van der Waals surface area contributed by atoms with E-state index in [2.05, 4.69) is 240 Å². The van der Waals surface area contributed by atoms with Gasteiger partial charge in [-0.1, -0.05) is 43.7 Å². The SMILES string of the molecule is C#CC#CC#CC#CC#CC#CC#CC#CC#CC#CC#CC#CC#CC#CC#C.CCCC(Nc1cncc(-c2ccc(OCCCCN3CCN(C)CC3)c(OC)c2)n1)c1ccccc1.NN=NN[N+](=O)[O-].[HH].[HH].[HH].[HH].[HH].[HH].[HH].[HH].[HH].[HH].[HH].[HH].[HH].[HH].[HH].[HH].[HH].[HH].[HH]. The van der Waals surface area contributed by atoms with E-state index in [4.69, 9.17) is 27.3 Å². The lowest BCUT2D eigenvalue weighted by Gasteiger charge is -2.32. The van der Waals surface area contributed by atoms with Crippen molar-refractivity contribution in [3.05, 3.63) is 76.6 Å². The lowest BCUT2D eigenvalue weighted by molar-refractivity contribution is -0.546. The van der Waals surface area contributed by atoms with Gasteiger partial charge in [0.05, 0.1) is 48.1 Å². The van der Waals surface area contributed by atoms with Crippen LogP contribution in [0.15, 0.2) is 71.4 Å². The number of likely N-dealkylation sites (N-methyl/N-ethyl adjacent to an activating group) is 1. The van der Waals surface area contributed by atoms with Gasteiger partial charge in [-0.25, -0.2) is 4.98 Å². The second-order valence-electron chi connectivity index (χ2n) is 13.9. The van der Waals surface area contributed by atoms with E-state index in [1.165, 1.54) is 11.1 Å². The number of rotatable bonds is 15. The van der Waals surface area contributed by atoms with Gasteiger partial charge in [0.1, 0.15) is 5.82 Å². The van der Waals surface area contributed by atoms with Gasteiger partial charge in [-0.15, -0.1) is 12.8 Å². The topological polar surface area (TPSA) is 169 Å². The number of nitro groups is 1. The van der Waals surface area contributed by atoms with Crippen LogP contribution >= 0.6 is 0 Å². The van der Waals surface area contributed by atoms with E-state index in [9.17, 15) is 10.1 Å². The zero-order valence-corrected chi connectivity index (χ0v) is 40.9. The van der Waals surface area contributed by atoms with E-state index in [0.717, 1.165) is 81.2 Å². The van der Waals surface area contributed by atoms with E-state index < -0.39 is 5.03 Å². The average molecular weight is 1010 g/mol. The van der Waals surface area contributed by atoms with Crippen LogP contribution in [0.3, 0.4) is 0 Å². The van der Waals surface area contributed by atoms with Crippen LogP contribution in [0.2, 0.25) is 0 Å². The van der Waals surface area contributed by atoms with Crippen LogP contribution in [-0.4, -0.2) is 78.3 Å². The number of aromatic nitrogens is 2. The van der Waals surface area contributed by atoms with Crippen molar-refractivity contribution in [2.24, 2.45) is 16.3 Å². The first-order valence-electron chi connectivity index (χ1n) is 22.1. The van der Waals surface area contributed by atoms with Crippen LogP contribution in [0.5, 0.6) is 11.5 Å². The maximum absolute atomic E-state index is 9.24. The fourth-order valence-corrected chi connectivity index (χ4v) is 5.57. The minimum Gasteiger partial charge on any atom is -0.493 e. The summed E-state index contributed by atoms with van der Waals surface area (Å²) in [4.78, 5) is 23.5. The average Bonchev–Trinajstić information content (AvgIpc) is 3.42. The molecule has 2 heterocycles. The van der Waals surface area contributed by atoms with E-state index in [1.54, 1.807) is 19.5 Å². The predicted molar refractivity (Wildman–Crippen MR) is 328 cm³/mol. The van der Waals surface area contributed by atoms with Crippen LogP contribution < -0.4 is 26.2 Å². The summed E-state index contributed by atoms with van der Waals surface area (Å²) < 4.78 is 11.7. The summed E-state index contributed by atoms with van der Waals surface area (Å²) in [6.45, 7) is 8.67. The molecule has 1 aliphatic heterocycles. The van der Waals surface area contributed by atoms with E-state index in [-0.39, 0.29) is 33.1 Å². The summed E-state index contributed by atoms with van der Waals surface area (Å²) in [5.74, 6) is 74.8. The molecule has 0 bridgehead atoms. The number of unbranched alkanes of at least 4 members (excludes halogenated alkanes) is 1. The second-order valence-corrected chi connectivity index (χ2v) is 13.9. The number of nitrogens with one attached hydrogen (secondary N) is 2. The Labute approximate surface area is 463 Å². The summed E-state index contributed by atoms with van der Waals surface area (Å²) >= 11 is 0. The maximum atomic E-state index is 9.24. The Morgan fingerprint density at radius 2 is 1.23 bits per heavy atom. The molecule has 14 nitrogen and oxygen atoms in total. The van der Waals surface area contributed by atoms with Crippen molar-refractivity contribution in [3.63, 3.8) is 0 Å². The molecule has 0 saturated carbocycles. The van der Waals surface area contributed by atoms with Gasteiger partial charge >= 0.3 is 0 Å². The highest BCUT2D eigenvalue weighted by Gasteiger charge is 2.15.